The van der Waals surface area contributed by atoms with Gasteiger partial charge in [0.05, 0.1) is 23.7 Å². The standard InChI is InChI=1S/C21H22ClN7S/c1-14-10-24-20(26-18-8-15(2)28-30-18)27-19(14)29-12-21(13-29,6-7-23)25-11-16-4-3-5-17(22)9-16/h3-5,8-10,25H,6,11-13H2,1-2H3,(H,24,26,27). The van der Waals surface area contributed by atoms with Gasteiger partial charge in [0.25, 0.3) is 0 Å². The summed E-state index contributed by atoms with van der Waals surface area (Å²) in [5, 5.41) is 17.8. The van der Waals surface area contributed by atoms with Crippen molar-refractivity contribution in [2.45, 2.75) is 32.4 Å². The van der Waals surface area contributed by atoms with Gasteiger partial charge in [-0.1, -0.05) is 23.7 Å². The zero-order valence-electron chi connectivity index (χ0n) is 16.8. The first-order valence-corrected chi connectivity index (χ1v) is 10.8. The van der Waals surface area contributed by atoms with Crippen LogP contribution in [0, 0.1) is 25.2 Å². The molecule has 0 atom stereocenters. The second-order valence-corrected chi connectivity index (χ2v) is 8.85. The fourth-order valence-electron chi connectivity index (χ4n) is 3.55. The Labute approximate surface area is 184 Å². The van der Waals surface area contributed by atoms with Crippen molar-refractivity contribution in [2.75, 3.05) is 23.3 Å². The van der Waals surface area contributed by atoms with Crippen LogP contribution in [0.5, 0.6) is 0 Å². The number of aryl methyl sites for hydroxylation is 2. The number of hydrogen-bond donors (Lipinski definition) is 2. The van der Waals surface area contributed by atoms with E-state index in [0.29, 0.717) is 37.0 Å². The van der Waals surface area contributed by atoms with Crippen molar-refractivity contribution in [1.82, 2.24) is 19.7 Å². The largest absolute Gasteiger partial charge is 0.352 e. The molecule has 154 valence electrons. The maximum absolute atomic E-state index is 9.36. The minimum atomic E-state index is -0.267. The lowest BCUT2D eigenvalue weighted by molar-refractivity contribution is 0.256. The summed E-state index contributed by atoms with van der Waals surface area (Å²) in [7, 11) is 0. The highest BCUT2D eigenvalue weighted by atomic mass is 35.5. The van der Waals surface area contributed by atoms with Crippen molar-refractivity contribution in [3.8, 4) is 6.07 Å². The van der Waals surface area contributed by atoms with Crippen LogP contribution in [0.4, 0.5) is 16.8 Å². The van der Waals surface area contributed by atoms with Gasteiger partial charge in [0.15, 0.2) is 0 Å². The predicted molar refractivity (Wildman–Crippen MR) is 120 cm³/mol. The number of aromatic nitrogens is 3. The molecule has 1 aliphatic rings. The zero-order chi connectivity index (χ0) is 21.1. The summed E-state index contributed by atoms with van der Waals surface area (Å²) in [6, 6.07) is 12.1. The second-order valence-electron chi connectivity index (χ2n) is 7.61. The van der Waals surface area contributed by atoms with Crippen molar-refractivity contribution in [1.29, 1.82) is 5.26 Å². The summed E-state index contributed by atoms with van der Waals surface area (Å²) in [6.07, 6.45) is 2.25. The van der Waals surface area contributed by atoms with Crippen LogP contribution in [-0.2, 0) is 6.54 Å². The number of nitrogens with zero attached hydrogens (tertiary/aromatic N) is 5. The van der Waals surface area contributed by atoms with Crippen LogP contribution in [-0.4, -0.2) is 33.0 Å². The van der Waals surface area contributed by atoms with E-state index in [1.807, 2.05) is 50.4 Å². The number of nitriles is 1. The molecular formula is C21H22ClN7S. The van der Waals surface area contributed by atoms with Crippen LogP contribution < -0.4 is 15.5 Å². The van der Waals surface area contributed by atoms with E-state index in [1.165, 1.54) is 11.5 Å². The third-order valence-electron chi connectivity index (χ3n) is 5.07. The molecule has 1 saturated heterocycles. The average molecular weight is 440 g/mol. The molecule has 1 fully saturated rings. The molecule has 0 saturated carbocycles. The molecule has 0 amide bonds. The van der Waals surface area contributed by atoms with Gasteiger partial charge in [-0.3, -0.25) is 0 Å². The number of rotatable bonds is 7. The molecular weight excluding hydrogens is 418 g/mol. The van der Waals surface area contributed by atoms with Crippen LogP contribution in [0.3, 0.4) is 0 Å². The maximum Gasteiger partial charge on any atom is 0.229 e. The molecule has 2 N–H and O–H groups in total. The summed E-state index contributed by atoms with van der Waals surface area (Å²) in [6.45, 7) is 6.03. The minimum Gasteiger partial charge on any atom is -0.352 e. The quantitative estimate of drug-likeness (QED) is 0.569. The molecule has 4 rings (SSSR count). The number of anilines is 3. The Balaban J connectivity index is 1.45. The molecule has 1 aromatic carbocycles. The van der Waals surface area contributed by atoms with Crippen molar-refractivity contribution in [3.63, 3.8) is 0 Å². The van der Waals surface area contributed by atoms with Crippen LogP contribution in [0.2, 0.25) is 5.02 Å². The third-order valence-corrected chi connectivity index (χ3v) is 6.10. The predicted octanol–water partition coefficient (Wildman–Crippen LogP) is 4.21. The summed E-state index contributed by atoms with van der Waals surface area (Å²) in [4.78, 5) is 11.3. The van der Waals surface area contributed by atoms with E-state index < -0.39 is 0 Å². The monoisotopic (exact) mass is 439 g/mol. The van der Waals surface area contributed by atoms with Gasteiger partial charge in [-0.05, 0) is 49.1 Å². The molecule has 3 aromatic rings. The summed E-state index contributed by atoms with van der Waals surface area (Å²) >= 11 is 7.47. The van der Waals surface area contributed by atoms with E-state index in [2.05, 4.69) is 31.0 Å². The lowest BCUT2D eigenvalue weighted by atomic mass is 9.86. The fourth-order valence-corrected chi connectivity index (χ4v) is 4.42. The number of halogens is 1. The number of hydrogen-bond acceptors (Lipinski definition) is 8. The van der Waals surface area contributed by atoms with Gasteiger partial charge in [-0.15, -0.1) is 0 Å². The number of benzene rings is 1. The highest BCUT2D eigenvalue weighted by Gasteiger charge is 2.43. The molecule has 2 aromatic heterocycles. The highest BCUT2D eigenvalue weighted by molar-refractivity contribution is 7.10. The van der Waals surface area contributed by atoms with Gasteiger partial charge in [-0.25, -0.2) is 4.98 Å². The summed E-state index contributed by atoms with van der Waals surface area (Å²) < 4.78 is 4.27. The normalized spacial score (nSPS) is 14.8. The van der Waals surface area contributed by atoms with Gasteiger partial charge >= 0.3 is 0 Å². The average Bonchev–Trinajstić information content (AvgIpc) is 3.10. The molecule has 0 aliphatic carbocycles. The molecule has 7 nitrogen and oxygen atoms in total. The Bertz CT molecular complexity index is 1080. The SMILES string of the molecule is Cc1cc(Nc2ncc(C)c(N3CC(CC#N)(NCc4cccc(Cl)c4)C3)n2)sn1. The lowest BCUT2D eigenvalue weighted by Gasteiger charge is -2.50. The Morgan fingerprint density at radius 3 is 2.83 bits per heavy atom. The van der Waals surface area contributed by atoms with Gasteiger partial charge < -0.3 is 15.5 Å². The smallest absolute Gasteiger partial charge is 0.229 e. The second kappa shape index (κ2) is 8.56. The van der Waals surface area contributed by atoms with E-state index in [1.54, 1.807) is 0 Å². The molecule has 0 spiro atoms. The Morgan fingerprint density at radius 1 is 1.30 bits per heavy atom. The molecule has 0 radical (unpaired) electrons. The Hall–Kier alpha value is -2.73. The van der Waals surface area contributed by atoms with E-state index in [9.17, 15) is 5.26 Å². The molecule has 9 heteroatoms. The number of nitrogens with one attached hydrogen (secondary N) is 2. The van der Waals surface area contributed by atoms with Crippen LogP contribution in [0.15, 0.2) is 36.5 Å². The first-order valence-electron chi connectivity index (χ1n) is 9.62. The molecule has 1 aliphatic heterocycles. The van der Waals surface area contributed by atoms with Gasteiger partial charge in [0.2, 0.25) is 5.95 Å². The van der Waals surface area contributed by atoms with E-state index in [0.717, 1.165) is 27.6 Å². The molecule has 0 unspecified atom stereocenters. The first-order chi connectivity index (χ1) is 14.5. The summed E-state index contributed by atoms with van der Waals surface area (Å²) in [5.74, 6) is 1.43. The van der Waals surface area contributed by atoms with Gasteiger partial charge in [-0.2, -0.15) is 14.6 Å². The minimum absolute atomic E-state index is 0.267. The van der Waals surface area contributed by atoms with Gasteiger partial charge in [0, 0.05) is 36.4 Å². The fraction of sp³-hybridized carbons (Fsp3) is 0.333. The first kappa shape index (κ1) is 20.5. The maximum atomic E-state index is 9.36. The van der Waals surface area contributed by atoms with E-state index >= 15 is 0 Å². The molecule has 0 bridgehead atoms. The van der Waals surface area contributed by atoms with E-state index in [4.69, 9.17) is 16.6 Å². The topological polar surface area (TPSA) is 89.8 Å². The third kappa shape index (κ3) is 4.54. The van der Waals surface area contributed by atoms with Crippen molar-refractivity contribution < 1.29 is 0 Å². The Kier molecular flexibility index (Phi) is 5.86. The van der Waals surface area contributed by atoms with Crippen LogP contribution in [0.1, 0.15) is 23.2 Å². The molecule has 3 heterocycles. The molecule has 30 heavy (non-hydrogen) atoms. The highest BCUT2D eigenvalue weighted by Crippen LogP contribution is 2.32. The van der Waals surface area contributed by atoms with Crippen molar-refractivity contribution >= 4 is 39.9 Å². The van der Waals surface area contributed by atoms with Crippen molar-refractivity contribution in [3.05, 3.63) is 58.4 Å². The van der Waals surface area contributed by atoms with Crippen LogP contribution >= 0.6 is 23.1 Å². The summed E-state index contributed by atoms with van der Waals surface area (Å²) in [5.41, 5.74) is 2.80. The van der Waals surface area contributed by atoms with Gasteiger partial charge in [0.1, 0.15) is 10.8 Å². The zero-order valence-corrected chi connectivity index (χ0v) is 18.4. The van der Waals surface area contributed by atoms with Crippen molar-refractivity contribution in [2.24, 2.45) is 0 Å². The van der Waals surface area contributed by atoms with E-state index in [-0.39, 0.29) is 5.54 Å². The Morgan fingerprint density at radius 2 is 2.13 bits per heavy atom. The van der Waals surface area contributed by atoms with Crippen LogP contribution in [0.25, 0.3) is 0 Å². The lowest BCUT2D eigenvalue weighted by Crippen LogP contribution is -2.69.